The summed E-state index contributed by atoms with van der Waals surface area (Å²) in [5, 5.41) is 4.27. The third kappa shape index (κ3) is 3.16. The van der Waals surface area contributed by atoms with Crippen LogP contribution in [0.1, 0.15) is 10.4 Å². The van der Waals surface area contributed by atoms with E-state index in [0.29, 0.717) is 36.2 Å². The minimum atomic E-state index is -0.150. The highest BCUT2D eigenvalue weighted by Gasteiger charge is 2.17. The molecule has 0 atom stereocenters. The molecule has 4 rings (SSSR count). The van der Waals surface area contributed by atoms with Crippen molar-refractivity contribution >= 4 is 18.0 Å². The SMILES string of the molecule is O=C(Cn1nc(-c2ccncc2)oc1=S)c1ccc2c(c1)OCCO2. The number of carbonyl (C=O) groups is 1. The molecule has 0 N–H and O–H groups in total. The van der Waals surface area contributed by atoms with Gasteiger partial charge >= 0.3 is 0 Å². The van der Waals surface area contributed by atoms with Crippen molar-refractivity contribution in [1.29, 1.82) is 0 Å². The topological polar surface area (TPSA) is 79.4 Å². The van der Waals surface area contributed by atoms with Crippen molar-refractivity contribution in [3.8, 4) is 23.0 Å². The number of fused-ring (bicyclic) bond motifs is 1. The Morgan fingerprint density at radius 2 is 1.88 bits per heavy atom. The van der Waals surface area contributed by atoms with E-state index in [9.17, 15) is 4.79 Å². The van der Waals surface area contributed by atoms with Crippen molar-refractivity contribution in [3.63, 3.8) is 0 Å². The van der Waals surface area contributed by atoms with E-state index in [1.807, 2.05) is 0 Å². The molecule has 0 spiro atoms. The lowest BCUT2D eigenvalue weighted by Gasteiger charge is -2.18. The lowest BCUT2D eigenvalue weighted by atomic mass is 10.1. The molecule has 0 fully saturated rings. The van der Waals surface area contributed by atoms with E-state index < -0.39 is 0 Å². The average Bonchev–Trinajstić information content (AvgIpc) is 3.02. The largest absolute Gasteiger partial charge is 0.486 e. The first-order valence-corrected chi connectivity index (χ1v) is 8.03. The monoisotopic (exact) mass is 355 g/mol. The number of hydrogen-bond donors (Lipinski definition) is 0. The van der Waals surface area contributed by atoms with Gasteiger partial charge in [-0.15, -0.1) is 5.10 Å². The Balaban J connectivity index is 1.57. The summed E-state index contributed by atoms with van der Waals surface area (Å²) in [5.41, 5.74) is 1.24. The summed E-state index contributed by atoms with van der Waals surface area (Å²) in [6.07, 6.45) is 3.26. The molecule has 0 unspecified atom stereocenters. The zero-order chi connectivity index (χ0) is 17.2. The summed E-state index contributed by atoms with van der Waals surface area (Å²) < 4.78 is 17.8. The number of rotatable bonds is 4. The molecule has 25 heavy (non-hydrogen) atoms. The summed E-state index contributed by atoms with van der Waals surface area (Å²) in [5.74, 6) is 1.41. The Bertz CT molecular complexity index is 981. The van der Waals surface area contributed by atoms with Gasteiger partial charge in [0.2, 0.25) is 5.89 Å². The van der Waals surface area contributed by atoms with Crippen molar-refractivity contribution in [2.75, 3.05) is 13.2 Å². The van der Waals surface area contributed by atoms with Gasteiger partial charge in [0.15, 0.2) is 17.3 Å². The van der Waals surface area contributed by atoms with Gasteiger partial charge in [-0.1, -0.05) is 0 Å². The molecule has 8 heteroatoms. The van der Waals surface area contributed by atoms with Crippen molar-refractivity contribution in [2.45, 2.75) is 6.54 Å². The van der Waals surface area contributed by atoms with Gasteiger partial charge in [0, 0.05) is 23.5 Å². The van der Waals surface area contributed by atoms with E-state index in [4.69, 9.17) is 26.1 Å². The first-order valence-electron chi connectivity index (χ1n) is 7.62. The molecule has 0 bridgehead atoms. The number of ether oxygens (including phenoxy) is 2. The minimum absolute atomic E-state index is 0.0208. The van der Waals surface area contributed by atoms with Gasteiger partial charge in [-0.05, 0) is 42.5 Å². The molecule has 2 aromatic heterocycles. The normalized spacial score (nSPS) is 12.8. The lowest BCUT2D eigenvalue weighted by Crippen LogP contribution is -2.17. The highest BCUT2D eigenvalue weighted by molar-refractivity contribution is 7.71. The Hall–Kier alpha value is -3.00. The molecule has 3 aromatic rings. The fourth-order valence-electron chi connectivity index (χ4n) is 2.46. The third-order valence-electron chi connectivity index (χ3n) is 3.69. The first-order chi connectivity index (χ1) is 12.2. The molecule has 1 aromatic carbocycles. The van der Waals surface area contributed by atoms with Gasteiger partial charge in [0.05, 0.1) is 0 Å². The molecule has 0 aliphatic carbocycles. The molecule has 0 saturated heterocycles. The Morgan fingerprint density at radius 1 is 1.12 bits per heavy atom. The van der Waals surface area contributed by atoms with E-state index >= 15 is 0 Å². The van der Waals surface area contributed by atoms with Gasteiger partial charge in [-0.2, -0.15) is 0 Å². The van der Waals surface area contributed by atoms with Gasteiger partial charge in [0.25, 0.3) is 4.84 Å². The molecule has 126 valence electrons. The maximum atomic E-state index is 12.5. The van der Waals surface area contributed by atoms with Crippen LogP contribution in [0.15, 0.2) is 47.1 Å². The smallest absolute Gasteiger partial charge is 0.287 e. The molecule has 7 nitrogen and oxygen atoms in total. The van der Waals surface area contributed by atoms with E-state index in [0.717, 1.165) is 5.56 Å². The zero-order valence-corrected chi connectivity index (χ0v) is 13.9. The summed E-state index contributed by atoms with van der Waals surface area (Å²) in [6.45, 7) is 0.952. The molecular weight excluding hydrogens is 342 g/mol. The van der Waals surface area contributed by atoms with Crippen molar-refractivity contribution < 1.29 is 18.7 Å². The van der Waals surface area contributed by atoms with Crippen LogP contribution in [0.5, 0.6) is 11.5 Å². The Morgan fingerprint density at radius 3 is 2.68 bits per heavy atom. The van der Waals surface area contributed by atoms with E-state index in [2.05, 4.69) is 10.1 Å². The maximum Gasteiger partial charge on any atom is 0.287 e. The van der Waals surface area contributed by atoms with Gasteiger partial charge < -0.3 is 13.9 Å². The fourth-order valence-corrected chi connectivity index (χ4v) is 2.65. The summed E-state index contributed by atoms with van der Waals surface area (Å²) in [7, 11) is 0. The van der Waals surface area contributed by atoms with Crippen LogP contribution >= 0.6 is 12.2 Å². The third-order valence-corrected chi connectivity index (χ3v) is 3.99. The number of benzene rings is 1. The van der Waals surface area contributed by atoms with E-state index in [-0.39, 0.29) is 17.2 Å². The quantitative estimate of drug-likeness (QED) is 0.526. The van der Waals surface area contributed by atoms with Gasteiger partial charge in [-0.25, -0.2) is 4.68 Å². The zero-order valence-electron chi connectivity index (χ0n) is 13.0. The van der Waals surface area contributed by atoms with Crippen LogP contribution < -0.4 is 9.47 Å². The summed E-state index contributed by atoms with van der Waals surface area (Å²) in [4.78, 5) is 16.6. The van der Waals surface area contributed by atoms with Crippen LogP contribution in [0, 0.1) is 4.84 Å². The standard InChI is InChI=1S/C17H13N3O4S/c21-13(12-1-2-14-15(9-12)23-8-7-22-14)10-20-17(25)24-16(19-20)11-3-5-18-6-4-11/h1-6,9H,7-8,10H2. The summed E-state index contributed by atoms with van der Waals surface area (Å²) in [6, 6.07) is 8.61. The first kappa shape index (κ1) is 15.5. The van der Waals surface area contributed by atoms with Crippen molar-refractivity contribution in [3.05, 3.63) is 53.1 Å². The van der Waals surface area contributed by atoms with Crippen molar-refractivity contribution in [2.24, 2.45) is 0 Å². The predicted molar refractivity (Wildman–Crippen MR) is 90.3 cm³/mol. The van der Waals surface area contributed by atoms with Gasteiger partial charge in [0.1, 0.15) is 19.8 Å². The number of ketones is 1. The second kappa shape index (κ2) is 6.48. The van der Waals surface area contributed by atoms with Crippen LogP contribution in [0.25, 0.3) is 11.5 Å². The van der Waals surface area contributed by atoms with Gasteiger partial charge in [-0.3, -0.25) is 9.78 Å². The molecular formula is C17H13N3O4S. The van der Waals surface area contributed by atoms with Crippen LogP contribution in [0.3, 0.4) is 0 Å². The fraction of sp³-hybridized carbons (Fsp3) is 0.176. The number of nitrogens with zero attached hydrogens (tertiary/aromatic N) is 3. The highest BCUT2D eigenvalue weighted by Crippen LogP contribution is 2.31. The average molecular weight is 355 g/mol. The molecule has 3 heterocycles. The second-order valence-electron chi connectivity index (χ2n) is 5.35. The molecule has 0 amide bonds. The number of hydrogen-bond acceptors (Lipinski definition) is 7. The second-order valence-corrected chi connectivity index (χ2v) is 5.70. The molecule has 1 aliphatic rings. The lowest BCUT2D eigenvalue weighted by molar-refractivity contribution is 0.0964. The van der Waals surface area contributed by atoms with Crippen molar-refractivity contribution in [1.82, 2.24) is 14.8 Å². The van der Waals surface area contributed by atoms with Crippen LogP contribution in [-0.4, -0.2) is 33.8 Å². The predicted octanol–water partition coefficient (Wildman–Crippen LogP) is 2.92. The number of carbonyl (C=O) groups excluding carboxylic acids is 1. The summed E-state index contributed by atoms with van der Waals surface area (Å²) >= 11 is 5.16. The number of aromatic nitrogens is 3. The maximum absolute atomic E-state index is 12.5. The number of pyridine rings is 1. The number of Topliss-reactive ketones (excluding diaryl/α,β-unsaturated/α-hetero) is 1. The van der Waals surface area contributed by atoms with E-state index in [1.54, 1.807) is 42.7 Å². The van der Waals surface area contributed by atoms with Crippen LogP contribution in [-0.2, 0) is 6.54 Å². The van der Waals surface area contributed by atoms with Crippen LogP contribution in [0.2, 0.25) is 0 Å². The molecule has 1 aliphatic heterocycles. The van der Waals surface area contributed by atoms with Crippen LogP contribution in [0.4, 0.5) is 0 Å². The highest BCUT2D eigenvalue weighted by atomic mass is 32.1. The molecule has 0 saturated carbocycles. The molecule has 0 radical (unpaired) electrons. The minimum Gasteiger partial charge on any atom is -0.486 e. The van der Waals surface area contributed by atoms with E-state index in [1.165, 1.54) is 4.68 Å². The Kier molecular flexibility index (Phi) is 4.02. The Labute approximate surface area is 147 Å².